The minimum Gasteiger partial charge on any atom is -0.493 e. The molecular formula is C18H23N5O3. The highest BCUT2D eigenvalue weighted by molar-refractivity contribution is 6.07. The van der Waals surface area contributed by atoms with E-state index in [4.69, 9.17) is 9.47 Å². The molecule has 3 heterocycles. The average molecular weight is 357 g/mol. The Morgan fingerprint density at radius 2 is 1.81 bits per heavy atom. The van der Waals surface area contributed by atoms with Gasteiger partial charge in [0.25, 0.3) is 5.56 Å². The lowest BCUT2D eigenvalue weighted by Crippen LogP contribution is -2.45. The maximum absolute atomic E-state index is 12.9. The Morgan fingerprint density at radius 1 is 1.08 bits per heavy atom. The quantitative estimate of drug-likeness (QED) is 0.703. The highest BCUT2D eigenvalue weighted by Gasteiger charge is 2.15. The van der Waals surface area contributed by atoms with E-state index in [-0.39, 0.29) is 5.56 Å². The number of piperazine rings is 1. The summed E-state index contributed by atoms with van der Waals surface area (Å²) >= 11 is 0. The fraction of sp³-hybridized carbons (Fsp3) is 0.444. The zero-order chi connectivity index (χ0) is 18.1. The number of aromatic nitrogens is 3. The second-order valence-electron chi connectivity index (χ2n) is 6.43. The number of ether oxygens (including phenoxy) is 2. The first kappa shape index (κ1) is 16.9. The summed E-state index contributed by atoms with van der Waals surface area (Å²) in [5, 5.41) is 9.41. The van der Waals surface area contributed by atoms with E-state index in [0.29, 0.717) is 23.6 Å². The lowest BCUT2D eigenvalue weighted by atomic mass is 10.2. The van der Waals surface area contributed by atoms with Gasteiger partial charge < -0.3 is 19.8 Å². The van der Waals surface area contributed by atoms with E-state index in [1.165, 1.54) is 4.68 Å². The Morgan fingerprint density at radius 3 is 2.54 bits per heavy atom. The van der Waals surface area contributed by atoms with Crippen LogP contribution >= 0.6 is 0 Å². The molecule has 0 atom stereocenters. The highest BCUT2D eigenvalue weighted by atomic mass is 16.5. The van der Waals surface area contributed by atoms with Gasteiger partial charge in [-0.2, -0.15) is 5.10 Å². The maximum Gasteiger partial charge on any atom is 0.291 e. The standard InChI is InChI=1S/C18H23N5O3/c1-25-15-9-12-13-11-20-23(8-7-22-5-3-19-4-6-22)18(24)17(13)21-14(12)10-16(15)26-2/h9-11,19,21H,3-8H2,1-2H3. The molecule has 26 heavy (non-hydrogen) atoms. The van der Waals surface area contributed by atoms with Crippen LogP contribution in [-0.4, -0.2) is 66.6 Å². The van der Waals surface area contributed by atoms with Gasteiger partial charge in [0.1, 0.15) is 5.52 Å². The van der Waals surface area contributed by atoms with Crippen LogP contribution in [0.2, 0.25) is 0 Å². The van der Waals surface area contributed by atoms with E-state index >= 15 is 0 Å². The van der Waals surface area contributed by atoms with Crippen LogP contribution < -0.4 is 20.3 Å². The van der Waals surface area contributed by atoms with Crippen LogP contribution in [0.5, 0.6) is 11.5 Å². The zero-order valence-corrected chi connectivity index (χ0v) is 15.0. The number of hydrogen-bond acceptors (Lipinski definition) is 6. The van der Waals surface area contributed by atoms with Gasteiger partial charge >= 0.3 is 0 Å². The Kier molecular flexibility index (Phi) is 4.52. The molecule has 2 N–H and O–H groups in total. The molecule has 0 saturated carbocycles. The zero-order valence-electron chi connectivity index (χ0n) is 15.0. The minimum atomic E-state index is -0.105. The van der Waals surface area contributed by atoms with Gasteiger partial charge in [0.2, 0.25) is 0 Å². The van der Waals surface area contributed by atoms with Crippen LogP contribution in [0.1, 0.15) is 0 Å². The smallest absolute Gasteiger partial charge is 0.291 e. The summed E-state index contributed by atoms with van der Waals surface area (Å²) in [6, 6.07) is 3.72. The number of fused-ring (bicyclic) bond motifs is 3. The topological polar surface area (TPSA) is 84.4 Å². The van der Waals surface area contributed by atoms with Gasteiger partial charge in [0.05, 0.1) is 32.5 Å². The molecule has 0 aliphatic carbocycles. The predicted molar refractivity (Wildman–Crippen MR) is 100 cm³/mol. The van der Waals surface area contributed by atoms with E-state index in [9.17, 15) is 4.79 Å². The molecule has 0 bridgehead atoms. The number of methoxy groups -OCH3 is 2. The maximum atomic E-state index is 12.9. The van der Waals surface area contributed by atoms with Crippen LogP contribution in [0, 0.1) is 0 Å². The van der Waals surface area contributed by atoms with Gasteiger partial charge in [-0.3, -0.25) is 9.69 Å². The molecule has 1 aliphatic rings. The molecule has 0 unspecified atom stereocenters. The summed E-state index contributed by atoms with van der Waals surface area (Å²) in [6.45, 7) is 5.39. The average Bonchev–Trinajstić information content (AvgIpc) is 3.05. The molecule has 8 nitrogen and oxygen atoms in total. The van der Waals surface area contributed by atoms with E-state index in [2.05, 4.69) is 20.3 Å². The van der Waals surface area contributed by atoms with Crippen LogP contribution in [0.25, 0.3) is 21.8 Å². The molecule has 2 aromatic heterocycles. The molecule has 1 fully saturated rings. The van der Waals surface area contributed by atoms with Crippen LogP contribution in [-0.2, 0) is 6.54 Å². The normalized spacial score (nSPS) is 15.6. The number of H-pyrrole nitrogens is 1. The predicted octanol–water partition coefficient (Wildman–Crippen LogP) is 0.800. The fourth-order valence-electron chi connectivity index (χ4n) is 3.48. The van der Waals surface area contributed by atoms with Crippen molar-refractivity contribution in [3.63, 3.8) is 0 Å². The highest BCUT2D eigenvalue weighted by Crippen LogP contribution is 2.34. The van der Waals surface area contributed by atoms with Crippen molar-refractivity contribution in [3.8, 4) is 11.5 Å². The summed E-state index contributed by atoms with van der Waals surface area (Å²) in [5.74, 6) is 1.25. The van der Waals surface area contributed by atoms with Crippen molar-refractivity contribution in [1.82, 2.24) is 25.0 Å². The Hall–Kier alpha value is -2.58. The third-order valence-electron chi connectivity index (χ3n) is 4.96. The largest absolute Gasteiger partial charge is 0.493 e. The summed E-state index contributed by atoms with van der Waals surface area (Å²) in [6.07, 6.45) is 1.75. The molecule has 8 heteroatoms. The summed E-state index contributed by atoms with van der Waals surface area (Å²) < 4.78 is 12.3. The molecule has 1 aliphatic heterocycles. The molecule has 1 saturated heterocycles. The van der Waals surface area contributed by atoms with E-state index in [1.807, 2.05) is 12.1 Å². The molecule has 138 valence electrons. The van der Waals surface area contributed by atoms with Crippen molar-refractivity contribution < 1.29 is 9.47 Å². The van der Waals surface area contributed by atoms with Crippen molar-refractivity contribution >= 4 is 21.8 Å². The first-order chi connectivity index (χ1) is 12.7. The van der Waals surface area contributed by atoms with Gasteiger partial charge in [-0.05, 0) is 6.07 Å². The number of aromatic amines is 1. The number of benzene rings is 1. The van der Waals surface area contributed by atoms with Gasteiger partial charge in [0, 0.05) is 49.6 Å². The van der Waals surface area contributed by atoms with Crippen molar-refractivity contribution in [2.45, 2.75) is 6.54 Å². The Bertz CT molecular complexity index is 988. The van der Waals surface area contributed by atoms with Gasteiger partial charge in [-0.1, -0.05) is 0 Å². The second-order valence-corrected chi connectivity index (χ2v) is 6.43. The van der Waals surface area contributed by atoms with Crippen molar-refractivity contribution in [1.29, 1.82) is 0 Å². The Balaban J connectivity index is 1.70. The van der Waals surface area contributed by atoms with Crippen molar-refractivity contribution in [3.05, 3.63) is 28.7 Å². The Labute approximate surface area is 150 Å². The third kappa shape index (κ3) is 2.91. The number of nitrogens with one attached hydrogen (secondary N) is 2. The lowest BCUT2D eigenvalue weighted by Gasteiger charge is -2.26. The first-order valence-electron chi connectivity index (χ1n) is 8.78. The number of nitrogens with zero attached hydrogens (tertiary/aromatic N) is 3. The van der Waals surface area contributed by atoms with Crippen LogP contribution in [0.15, 0.2) is 23.1 Å². The monoisotopic (exact) mass is 357 g/mol. The second kappa shape index (κ2) is 6.97. The van der Waals surface area contributed by atoms with Gasteiger partial charge in [-0.15, -0.1) is 0 Å². The van der Waals surface area contributed by atoms with E-state index < -0.39 is 0 Å². The number of rotatable bonds is 5. The number of hydrogen-bond donors (Lipinski definition) is 2. The molecule has 0 radical (unpaired) electrons. The molecular weight excluding hydrogens is 334 g/mol. The molecule has 0 amide bonds. The summed E-state index contributed by atoms with van der Waals surface area (Å²) in [4.78, 5) is 18.4. The van der Waals surface area contributed by atoms with Gasteiger partial charge in [0.15, 0.2) is 11.5 Å². The minimum absolute atomic E-state index is 0.105. The van der Waals surface area contributed by atoms with Crippen molar-refractivity contribution in [2.75, 3.05) is 46.9 Å². The van der Waals surface area contributed by atoms with Crippen LogP contribution in [0.3, 0.4) is 0 Å². The van der Waals surface area contributed by atoms with Crippen molar-refractivity contribution in [2.24, 2.45) is 0 Å². The summed E-state index contributed by atoms with van der Waals surface area (Å²) in [7, 11) is 3.19. The lowest BCUT2D eigenvalue weighted by molar-refractivity contribution is 0.228. The summed E-state index contributed by atoms with van der Waals surface area (Å²) in [5.41, 5.74) is 1.29. The first-order valence-corrected chi connectivity index (χ1v) is 8.78. The third-order valence-corrected chi connectivity index (χ3v) is 4.96. The van der Waals surface area contributed by atoms with E-state index in [0.717, 1.165) is 49.0 Å². The molecule has 4 rings (SSSR count). The SMILES string of the molecule is COc1cc2[nH]c3c(=O)n(CCN4CCNCC4)ncc3c2cc1OC. The molecule has 1 aromatic carbocycles. The van der Waals surface area contributed by atoms with E-state index in [1.54, 1.807) is 20.4 Å². The van der Waals surface area contributed by atoms with Crippen LogP contribution in [0.4, 0.5) is 0 Å². The molecule has 0 spiro atoms. The fourth-order valence-corrected chi connectivity index (χ4v) is 3.48. The van der Waals surface area contributed by atoms with Gasteiger partial charge in [-0.25, -0.2) is 4.68 Å². The molecule has 3 aromatic rings.